The zero-order chi connectivity index (χ0) is 12.9. The topological polar surface area (TPSA) is 22.1 Å². The lowest BCUT2D eigenvalue weighted by Crippen LogP contribution is -2.21. The van der Waals surface area contributed by atoms with Crippen molar-refractivity contribution >= 4 is 11.6 Å². The third-order valence-corrected chi connectivity index (χ3v) is 2.91. The van der Waals surface area contributed by atoms with Crippen molar-refractivity contribution in [2.75, 3.05) is 6.61 Å². The monoisotopic (exact) mass is 255 g/mol. The molecule has 0 aliphatic rings. The fraction of sp³-hybridized carbons (Fsp3) is 0.643. The fourth-order valence-corrected chi connectivity index (χ4v) is 2.29. The highest BCUT2D eigenvalue weighted by atomic mass is 35.5. The predicted molar refractivity (Wildman–Crippen MR) is 73.0 cm³/mol. The van der Waals surface area contributed by atoms with Gasteiger partial charge in [-0.1, -0.05) is 20.8 Å². The van der Waals surface area contributed by atoms with Gasteiger partial charge in [0.2, 0.25) is 0 Å². The van der Waals surface area contributed by atoms with Crippen LogP contribution >= 0.6 is 11.6 Å². The summed E-state index contributed by atoms with van der Waals surface area (Å²) in [4.78, 5) is 4.24. The second kappa shape index (κ2) is 6.25. The minimum absolute atomic E-state index is 0.0275. The first-order valence-electron chi connectivity index (χ1n) is 6.18. The summed E-state index contributed by atoms with van der Waals surface area (Å²) in [6.07, 6.45) is 5.59. The molecule has 0 radical (unpaired) electrons. The summed E-state index contributed by atoms with van der Waals surface area (Å²) in [7, 11) is 0. The van der Waals surface area contributed by atoms with Crippen molar-refractivity contribution in [2.45, 2.75) is 51.3 Å². The molecule has 1 heterocycles. The summed E-state index contributed by atoms with van der Waals surface area (Å²) < 4.78 is 5.60. The average Bonchev–Trinajstić information content (AvgIpc) is 2.25. The summed E-state index contributed by atoms with van der Waals surface area (Å²) in [6.45, 7) is 9.22. The molecule has 1 unspecified atom stereocenters. The van der Waals surface area contributed by atoms with Gasteiger partial charge in [0.15, 0.2) is 0 Å². The van der Waals surface area contributed by atoms with E-state index in [2.05, 4.69) is 31.8 Å². The number of hydrogen-bond acceptors (Lipinski definition) is 2. The highest BCUT2D eigenvalue weighted by Crippen LogP contribution is 2.31. The molecule has 0 fully saturated rings. The Balaban J connectivity index is 2.82. The minimum atomic E-state index is 0.0275. The molecule has 0 saturated heterocycles. The third-order valence-electron chi connectivity index (χ3n) is 2.76. The van der Waals surface area contributed by atoms with Crippen molar-refractivity contribution in [3.8, 4) is 5.75 Å². The Kier molecular flexibility index (Phi) is 5.26. The van der Waals surface area contributed by atoms with Gasteiger partial charge in [-0.2, -0.15) is 0 Å². The van der Waals surface area contributed by atoms with E-state index in [4.69, 9.17) is 16.3 Å². The van der Waals surface area contributed by atoms with Crippen LogP contribution in [0.25, 0.3) is 0 Å². The van der Waals surface area contributed by atoms with Crippen LogP contribution in [-0.2, 0) is 5.41 Å². The second-order valence-electron chi connectivity index (χ2n) is 5.13. The van der Waals surface area contributed by atoms with E-state index in [0.29, 0.717) is 0 Å². The number of hydrogen-bond donors (Lipinski definition) is 0. The molecule has 3 heteroatoms. The van der Waals surface area contributed by atoms with Crippen LogP contribution in [0.3, 0.4) is 0 Å². The zero-order valence-corrected chi connectivity index (χ0v) is 11.9. The number of ether oxygens (including phenoxy) is 1. The van der Waals surface area contributed by atoms with E-state index in [1.807, 2.05) is 13.1 Å². The SMILES string of the molecule is CCCOc1cncc(C(C)(C)CC(C)Cl)c1. The van der Waals surface area contributed by atoms with Gasteiger partial charge in [0.05, 0.1) is 12.8 Å². The van der Waals surface area contributed by atoms with E-state index in [-0.39, 0.29) is 10.8 Å². The van der Waals surface area contributed by atoms with Gasteiger partial charge in [0, 0.05) is 11.6 Å². The van der Waals surface area contributed by atoms with E-state index in [9.17, 15) is 0 Å². The molecule has 0 aliphatic carbocycles. The molecule has 17 heavy (non-hydrogen) atoms. The van der Waals surface area contributed by atoms with Crippen molar-refractivity contribution in [3.05, 3.63) is 24.0 Å². The number of rotatable bonds is 6. The largest absolute Gasteiger partial charge is 0.492 e. The van der Waals surface area contributed by atoms with Crippen LogP contribution in [-0.4, -0.2) is 17.0 Å². The van der Waals surface area contributed by atoms with E-state index >= 15 is 0 Å². The van der Waals surface area contributed by atoms with Crippen LogP contribution in [0.4, 0.5) is 0 Å². The van der Waals surface area contributed by atoms with Gasteiger partial charge >= 0.3 is 0 Å². The Morgan fingerprint density at radius 2 is 2.12 bits per heavy atom. The van der Waals surface area contributed by atoms with Crippen molar-refractivity contribution in [3.63, 3.8) is 0 Å². The minimum Gasteiger partial charge on any atom is -0.492 e. The molecule has 1 aromatic heterocycles. The summed E-state index contributed by atoms with van der Waals surface area (Å²) in [6, 6.07) is 2.07. The van der Waals surface area contributed by atoms with E-state index in [0.717, 1.165) is 25.2 Å². The number of halogens is 1. The van der Waals surface area contributed by atoms with Crippen molar-refractivity contribution in [2.24, 2.45) is 0 Å². The second-order valence-corrected chi connectivity index (χ2v) is 5.87. The molecule has 0 amide bonds. The van der Waals surface area contributed by atoms with E-state index < -0.39 is 0 Å². The van der Waals surface area contributed by atoms with Gasteiger partial charge in [0.1, 0.15) is 5.75 Å². The smallest absolute Gasteiger partial charge is 0.137 e. The first-order chi connectivity index (χ1) is 7.95. The molecule has 96 valence electrons. The van der Waals surface area contributed by atoms with Crippen LogP contribution in [0.15, 0.2) is 18.5 Å². The Bertz CT molecular complexity index is 350. The van der Waals surface area contributed by atoms with Gasteiger partial charge in [-0.05, 0) is 36.8 Å². The summed E-state index contributed by atoms with van der Waals surface area (Å²) in [5, 5.41) is 0.158. The quantitative estimate of drug-likeness (QED) is 0.712. The average molecular weight is 256 g/mol. The third kappa shape index (κ3) is 4.55. The number of pyridine rings is 1. The molecule has 0 aromatic carbocycles. The highest BCUT2D eigenvalue weighted by Gasteiger charge is 2.23. The summed E-state index contributed by atoms with van der Waals surface area (Å²) >= 11 is 6.08. The number of nitrogens with zero attached hydrogens (tertiary/aromatic N) is 1. The molecule has 0 saturated carbocycles. The highest BCUT2D eigenvalue weighted by molar-refractivity contribution is 6.20. The molecule has 0 N–H and O–H groups in total. The zero-order valence-electron chi connectivity index (χ0n) is 11.2. The fourth-order valence-electron chi connectivity index (χ4n) is 1.91. The Hall–Kier alpha value is -0.760. The number of aromatic nitrogens is 1. The standard InChI is InChI=1S/C14H22ClNO/c1-5-6-17-13-7-12(9-16-10-13)14(3,4)8-11(2)15/h7,9-11H,5-6,8H2,1-4H3. The number of alkyl halides is 1. The van der Waals surface area contributed by atoms with Crippen LogP contribution in [0, 0.1) is 0 Å². The molecule has 0 aliphatic heterocycles. The molecule has 0 bridgehead atoms. The first kappa shape index (κ1) is 14.3. The van der Waals surface area contributed by atoms with Crippen LogP contribution < -0.4 is 4.74 Å². The van der Waals surface area contributed by atoms with Crippen LogP contribution in [0.1, 0.15) is 46.1 Å². The first-order valence-corrected chi connectivity index (χ1v) is 6.61. The lowest BCUT2D eigenvalue weighted by atomic mass is 9.81. The summed E-state index contributed by atoms with van der Waals surface area (Å²) in [5.74, 6) is 0.847. The van der Waals surface area contributed by atoms with Gasteiger partial charge < -0.3 is 4.74 Å². The van der Waals surface area contributed by atoms with Crippen molar-refractivity contribution in [1.29, 1.82) is 0 Å². The molecular formula is C14H22ClNO. The van der Waals surface area contributed by atoms with Crippen molar-refractivity contribution in [1.82, 2.24) is 4.98 Å². The van der Waals surface area contributed by atoms with Gasteiger partial charge in [-0.3, -0.25) is 4.98 Å². The van der Waals surface area contributed by atoms with Crippen LogP contribution in [0.2, 0.25) is 0 Å². The Morgan fingerprint density at radius 3 is 2.71 bits per heavy atom. The molecule has 1 aromatic rings. The van der Waals surface area contributed by atoms with Crippen molar-refractivity contribution < 1.29 is 4.74 Å². The maximum Gasteiger partial charge on any atom is 0.137 e. The van der Waals surface area contributed by atoms with Gasteiger partial charge in [-0.15, -0.1) is 11.6 Å². The maximum absolute atomic E-state index is 6.08. The van der Waals surface area contributed by atoms with E-state index in [1.165, 1.54) is 5.56 Å². The lowest BCUT2D eigenvalue weighted by molar-refractivity contribution is 0.314. The van der Waals surface area contributed by atoms with E-state index in [1.54, 1.807) is 6.20 Å². The van der Waals surface area contributed by atoms with Gasteiger partial charge in [0.25, 0.3) is 0 Å². The molecule has 0 spiro atoms. The molecular weight excluding hydrogens is 234 g/mol. The Labute approximate surface area is 109 Å². The van der Waals surface area contributed by atoms with Crippen LogP contribution in [0.5, 0.6) is 5.75 Å². The molecule has 2 nitrogen and oxygen atoms in total. The molecule has 1 atom stereocenters. The Morgan fingerprint density at radius 1 is 1.41 bits per heavy atom. The maximum atomic E-state index is 6.08. The predicted octanol–water partition coefficient (Wildman–Crippen LogP) is 4.17. The molecule has 1 rings (SSSR count). The normalized spacial score (nSPS) is 13.5. The van der Waals surface area contributed by atoms with Gasteiger partial charge in [-0.25, -0.2) is 0 Å². The summed E-state index contributed by atoms with van der Waals surface area (Å²) in [5.41, 5.74) is 1.21. The lowest BCUT2D eigenvalue weighted by Gasteiger charge is -2.26.